The summed E-state index contributed by atoms with van der Waals surface area (Å²) in [6, 6.07) is 6.07. The number of hydrogen-bond acceptors (Lipinski definition) is 8. The Balaban J connectivity index is 1.64. The Kier molecular flexibility index (Phi) is 6.48. The average molecular weight is 404 g/mol. The first-order chi connectivity index (χ1) is 13.6. The van der Waals surface area contributed by atoms with Gasteiger partial charge in [0.05, 0.1) is 18.9 Å². The summed E-state index contributed by atoms with van der Waals surface area (Å²) in [5, 5.41) is 11.2. The number of aromatic nitrogens is 5. The Morgan fingerprint density at radius 1 is 1.25 bits per heavy atom. The molecular formula is C17H17FN6O3S. The average Bonchev–Trinajstić information content (AvgIpc) is 3.10. The van der Waals surface area contributed by atoms with Gasteiger partial charge in [0.25, 0.3) is 0 Å². The van der Waals surface area contributed by atoms with E-state index < -0.39 is 5.97 Å². The van der Waals surface area contributed by atoms with E-state index in [0.29, 0.717) is 22.7 Å². The maximum atomic E-state index is 13.0. The topological polar surface area (TPSA) is 112 Å². The van der Waals surface area contributed by atoms with Crippen molar-refractivity contribution in [3.05, 3.63) is 42.0 Å². The quantitative estimate of drug-likeness (QED) is 0.338. The molecule has 2 heterocycles. The van der Waals surface area contributed by atoms with Gasteiger partial charge in [-0.15, -0.1) is 5.10 Å². The third-order valence-electron chi connectivity index (χ3n) is 3.59. The van der Waals surface area contributed by atoms with Gasteiger partial charge in [0.2, 0.25) is 5.91 Å². The minimum atomic E-state index is -0.492. The summed E-state index contributed by atoms with van der Waals surface area (Å²) in [7, 11) is 0. The summed E-state index contributed by atoms with van der Waals surface area (Å²) in [5.41, 5.74) is 1.82. The van der Waals surface area contributed by atoms with Crippen molar-refractivity contribution in [3.8, 4) is 0 Å². The third kappa shape index (κ3) is 5.00. The van der Waals surface area contributed by atoms with Gasteiger partial charge in [-0.3, -0.25) is 9.59 Å². The highest BCUT2D eigenvalue weighted by molar-refractivity contribution is 8.00. The predicted molar refractivity (Wildman–Crippen MR) is 99.0 cm³/mol. The highest BCUT2D eigenvalue weighted by atomic mass is 32.2. The second-order valence-electron chi connectivity index (χ2n) is 5.60. The van der Waals surface area contributed by atoms with Gasteiger partial charge >= 0.3 is 5.97 Å². The molecule has 0 radical (unpaired) electrons. The summed E-state index contributed by atoms with van der Waals surface area (Å²) in [6.45, 7) is 2.15. The molecule has 0 saturated carbocycles. The van der Waals surface area contributed by atoms with Gasteiger partial charge in [-0.2, -0.15) is 0 Å². The summed E-state index contributed by atoms with van der Waals surface area (Å²) in [4.78, 5) is 31.5. The molecule has 3 rings (SSSR count). The molecule has 2 aromatic heterocycles. The van der Waals surface area contributed by atoms with Crippen molar-refractivity contribution < 1.29 is 18.7 Å². The standard InChI is InChI=1S/C17H17FN6O3S/c1-2-27-14(26)7-19-13(25)9-28-17-15-16(20-10-21-17)24(23-22-15)8-11-3-5-12(18)6-4-11/h3-6,10H,2,7-9H2,1H3,(H,19,25). The number of benzene rings is 1. The van der Waals surface area contributed by atoms with Crippen molar-refractivity contribution in [3.63, 3.8) is 0 Å². The molecular weight excluding hydrogens is 387 g/mol. The number of nitrogens with zero attached hydrogens (tertiary/aromatic N) is 5. The van der Waals surface area contributed by atoms with Gasteiger partial charge in [0, 0.05) is 0 Å². The molecule has 0 saturated heterocycles. The number of ether oxygens (including phenoxy) is 1. The van der Waals surface area contributed by atoms with Crippen LogP contribution < -0.4 is 5.32 Å². The first-order valence-corrected chi connectivity index (χ1v) is 9.39. The van der Waals surface area contributed by atoms with Gasteiger partial charge in [0.1, 0.15) is 23.7 Å². The number of esters is 1. The van der Waals surface area contributed by atoms with Crippen LogP contribution in [0.5, 0.6) is 0 Å². The van der Waals surface area contributed by atoms with Crippen LogP contribution in [0, 0.1) is 5.82 Å². The first kappa shape index (κ1) is 19.7. The maximum absolute atomic E-state index is 13.0. The van der Waals surface area contributed by atoms with Gasteiger partial charge in [-0.1, -0.05) is 29.1 Å². The van der Waals surface area contributed by atoms with E-state index in [-0.39, 0.29) is 30.6 Å². The predicted octanol–water partition coefficient (Wildman–Crippen LogP) is 1.18. The first-order valence-electron chi connectivity index (χ1n) is 8.40. The molecule has 0 spiro atoms. The van der Waals surface area contributed by atoms with E-state index in [0.717, 1.165) is 17.3 Å². The fourth-order valence-corrected chi connectivity index (χ4v) is 3.07. The lowest BCUT2D eigenvalue weighted by Gasteiger charge is -2.05. The fraction of sp³-hybridized carbons (Fsp3) is 0.294. The number of nitrogens with one attached hydrogen (secondary N) is 1. The molecule has 0 atom stereocenters. The lowest BCUT2D eigenvalue weighted by molar-refractivity contribution is -0.143. The Morgan fingerprint density at radius 3 is 2.79 bits per heavy atom. The van der Waals surface area contributed by atoms with Crippen LogP contribution in [0.3, 0.4) is 0 Å². The van der Waals surface area contributed by atoms with E-state index in [9.17, 15) is 14.0 Å². The normalized spacial score (nSPS) is 10.8. The number of thioether (sulfide) groups is 1. The molecule has 0 aliphatic rings. The molecule has 0 unspecified atom stereocenters. The van der Waals surface area contributed by atoms with Crippen LogP contribution in [0.25, 0.3) is 11.2 Å². The number of fused-ring (bicyclic) bond motifs is 1. The monoisotopic (exact) mass is 404 g/mol. The molecule has 1 amide bonds. The Hall–Kier alpha value is -3.08. The van der Waals surface area contributed by atoms with Crippen molar-refractivity contribution >= 4 is 34.8 Å². The van der Waals surface area contributed by atoms with Crippen molar-refractivity contribution in [1.82, 2.24) is 30.3 Å². The van der Waals surface area contributed by atoms with Crippen LogP contribution in [0.4, 0.5) is 4.39 Å². The van der Waals surface area contributed by atoms with Crippen molar-refractivity contribution in [2.24, 2.45) is 0 Å². The van der Waals surface area contributed by atoms with Crippen molar-refractivity contribution in [1.29, 1.82) is 0 Å². The summed E-state index contributed by atoms with van der Waals surface area (Å²) in [5.74, 6) is -1.08. The Bertz CT molecular complexity index is 979. The number of hydrogen-bond donors (Lipinski definition) is 1. The van der Waals surface area contributed by atoms with Crippen LogP contribution in [-0.4, -0.2) is 55.7 Å². The number of carbonyl (C=O) groups excluding carboxylic acids is 2. The van der Waals surface area contributed by atoms with Gasteiger partial charge < -0.3 is 10.1 Å². The van der Waals surface area contributed by atoms with Crippen LogP contribution in [0.15, 0.2) is 35.6 Å². The number of carbonyl (C=O) groups is 2. The molecule has 1 N–H and O–H groups in total. The van der Waals surface area contributed by atoms with Crippen molar-refractivity contribution in [2.75, 3.05) is 18.9 Å². The molecule has 0 bridgehead atoms. The molecule has 146 valence electrons. The lowest BCUT2D eigenvalue weighted by Crippen LogP contribution is -2.31. The number of halogens is 1. The number of rotatable bonds is 8. The molecule has 0 fully saturated rings. The zero-order valence-corrected chi connectivity index (χ0v) is 15.8. The van der Waals surface area contributed by atoms with E-state index in [2.05, 4.69) is 25.6 Å². The molecule has 11 heteroatoms. The van der Waals surface area contributed by atoms with E-state index in [1.807, 2.05) is 0 Å². The molecule has 1 aromatic carbocycles. The summed E-state index contributed by atoms with van der Waals surface area (Å²) < 4.78 is 19.4. The van der Waals surface area contributed by atoms with Crippen molar-refractivity contribution in [2.45, 2.75) is 18.5 Å². The molecule has 0 aliphatic carbocycles. The Morgan fingerprint density at radius 2 is 2.04 bits per heavy atom. The van der Waals surface area contributed by atoms with E-state index in [4.69, 9.17) is 4.74 Å². The molecule has 9 nitrogen and oxygen atoms in total. The summed E-state index contributed by atoms with van der Waals surface area (Å²) >= 11 is 1.16. The highest BCUT2D eigenvalue weighted by Gasteiger charge is 2.14. The van der Waals surface area contributed by atoms with Crippen LogP contribution >= 0.6 is 11.8 Å². The second-order valence-corrected chi connectivity index (χ2v) is 6.56. The van der Waals surface area contributed by atoms with Crippen LogP contribution in [0.2, 0.25) is 0 Å². The lowest BCUT2D eigenvalue weighted by atomic mass is 10.2. The van der Waals surface area contributed by atoms with Gasteiger partial charge in [0.15, 0.2) is 11.2 Å². The van der Waals surface area contributed by atoms with Crippen LogP contribution in [0.1, 0.15) is 12.5 Å². The molecule has 3 aromatic rings. The Labute approximate surface area is 163 Å². The minimum Gasteiger partial charge on any atom is -0.465 e. The molecule has 0 aliphatic heterocycles. The summed E-state index contributed by atoms with van der Waals surface area (Å²) in [6.07, 6.45) is 1.37. The largest absolute Gasteiger partial charge is 0.465 e. The molecule has 28 heavy (non-hydrogen) atoms. The highest BCUT2D eigenvalue weighted by Crippen LogP contribution is 2.22. The minimum absolute atomic E-state index is 0.0519. The van der Waals surface area contributed by atoms with E-state index >= 15 is 0 Å². The fourth-order valence-electron chi connectivity index (χ4n) is 2.31. The SMILES string of the molecule is CCOC(=O)CNC(=O)CSc1ncnc2c1nnn2Cc1ccc(F)cc1. The maximum Gasteiger partial charge on any atom is 0.325 e. The zero-order valence-electron chi connectivity index (χ0n) is 15.0. The van der Waals surface area contributed by atoms with Gasteiger partial charge in [-0.25, -0.2) is 19.0 Å². The van der Waals surface area contributed by atoms with Gasteiger partial charge in [-0.05, 0) is 24.6 Å². The smallest absolute Gasteiger partial charge is 0.325 e. The zero-order chi connectivity index (χ0) is 19.9. The second kappa shape index (κ2) is 9.22. The van der Waals surface area contributed by atoms with E-state index in [1.165, 1.54) is 18.5 Å². The van der Waals surface area contributed by atoms with E-state index in [1.54, 1.807) is 23.7 Å². The third-order valence-corrected chi connectivity index (χ3v) is 4.57. The number of amides is 1. The van der Waals surface area contributed by atoms with Crippen LogP contribution in [-0.2, 0) is 20.9 Å².